The number of nitrogens with zero attached hydrogens (tertiary/aromatic N) is 1. The molecule has 0 spiro atoms. The fourth-order valence-electron chi connectivity index (χ4n) is 3.19. The molecule has 2 aromatic rings. The van der Waals surface area contributed by atoms with Crippen molar-refractivity contribution in [2.45, 2.75) is 37.5 Å². The lowest BCUT2D eigenvalue weighted by molar-refractivity contribution is -0.118. The molecule has 0 radical (unpaired) electrons. The molecule has 1 aliphatic rings. The highest BCUT2D eigenvalue weighted by Gasteiger charge is 2.26. The van der Waals surface area contributed by atoms with Crippen LogP contribution in [0.5, 0.6) is 5.75 Å². The maximum absolute atomic E-state index is 12.8. The van der Waals surface area contributed by atoms with Crippen LogP contribution in [0.1, 0.15) is 31.7 Å². The molecule has 0 atom stereocenters. The first kappa shape index (κ1) is 20.4. The van der Waals surface area contributed by atoms with Gasteiger partial charge in [0.15, 0.2) is 6.61 Å². The quantitative estimate of drug-likeness (QED) is 0.770. The van der Waals surface area contributed by atoms with Gasteiger partial charge in [-0.05, 0) is 55.2 Å². The average molecular weight is 403 g/mol. The van der Waals surface area contributed by atoms with Crippen LogP contribution >= 0.6 is 0 Å². The van der Waals surface area contributed by atoms with Crippen molar-refractivity contribution < 1.29 is 17.9 Å². The van der Waals surface area contributed by atoms with Gasteiger partial charge in [0, 0.05) is 18.8 Å². The Morgan fingerprint density at radius 3 is 2.57 bits per heavy atom. The summed E-state index contributed by atoms with van der Waals surface area (Å²) in [6.07, 6.45) is 3.71. The van der Waals surface area contributed by atoms with Crippen molar-refractivity contribution in [3.8, 4) is 5.75 Å². The van der Waals surface area contributed by atoms with Gasteiger partial charge in [0.25, 0.3) is 5.91 Å². The normalized spacial score (nSPS) is 15.2. The molecule has 0 unspecified atom stereocenters. The molecule has 6 nitrogen and oxygen atoms in total. The molecule has 1 fully saturated rings. The van der Waals surface area contributed by atoms with E-state index in [9.17, 15) is 13.2 Å². The minimum atomic E-state index is -3.53. The van der Waals surface area contributed by atoms with E-state index in [4.69, 9.17) is 4.74 Å². The molecule has 1 N–H and O–H groups in total. The summed E-state index contributed by atoms with van der Waals surface area (Å²) in [5, 5.41) is 2.71. The molecule has 1 heterocycles. The SMILES string of the molecule is CCc1cccc(OCC(=O)Nc2cccc(S(=O)(=O)N3CCCCC3)c2)c1. The molecule has 3 rings (SSSR count). The van der Waals surface area contributed by atoms with Gasteiger partial charge in [-0.3, -0.25) is 4.79 Å². The third-order valence-corrected chi connectivity index (χ3v) is 6.64. The van der Waals surface area contributed by atoms with Crippen LogP contribution in [0.3, 0.4) is 0 Å². The van der Waals surface area contributed by atoms with Crippen molar-refractivity contribution in [1.82, 2.24) is 4.31 Å². The smallest absolute Gasteiger partial charge is 0.262 e. The van der Waals surface area contributed by atoms with E-state index in [1.807, 2.05) is 18.2 Å². The Labute approximate surface area is 166 Å². The Hall–Kier alpha value is -2.38. The lowest BCUT2D eigenvalue weighted by atomic mass is 10.2. The van der Waals surface area contributed by atoms with E-state index in [-0.39, 0.29) is 17.4 Å². The van der Waals surface area contributed by atoms with Crippen LogP contribution in [0.2, 0.25) is 0 Å². The highest BCUT2D eigenvalue weighted by molar-refractivity contribution is 7.89. The van der Waals surface area contributed by atoms with E-state index < -0.39 is 10.0 Å². The minimum absolute atomic E-state index is 0.143. The van der Waals surface area contributed by atoms with Gasteiger partial charge < -0.3 is 10.1 Å². The van der Waals surface area contributed by atoms with Crippen LogP contribution in [0.15, 0.2) is 53.4 Å². The molecule has 0 bridgehead atoms. The lowest BCUT2D eigenvalue weighted by Gasteiger charge is -2.26. The van der Waals surface area contributed by atoms with Crippen LogP contribution in [0.4, 0.5) is 5.69 Å². The van der Waals surface area contributed by atoms with E-state index in [2.05, 4.69) is 12.2 Å². The van der Waals surface area contributed by atoms with Gasteiger partial charge in [-0.15, -0.1) is 0 Å². The van der Waals surface area contributed by atoms with Crippen molar-refractivity contribution in [1.29, 1.82) is 0 Å². The third-order valence-electron chi connectivity index (χ3n) is 4.75. The average Bonchev–Trinajstić information content (AvgIpc) is 2.73. The zero-order valence-electron chi connectivity index (χ0n) is 16.1. The van der Waals surface area contributed by atoms with Crippen molar-refractivity contribution in [3.63, 3.8) is 0 Å². The number of carbonyl (C=O) groups is 1. The summed E-state index contributed by atoms with van der Waals surface area (Å²) < 4.78 is 32.6. The summed E-state index contributed by atoms with van der Waals surface area (Å²) in [5.41, 5.74) is 1.57. The molecular weight excluding hydrogens is 376 g/mol. The van der Waals surface area contributed by atoms with Crippen molar-refractivity contribution in [3.05, 3.63) is 54.1 Å². The van der Waals surface area contributed by atoms with Crippen molar-refractivity contribution in [2.24, 2.45) is 0 Å². The van der Waals surface area contributed by atoms with E-state index in [0.29, 0.717) is 24.5 Å². The lowest BCUT2D eigenvalue weighted by Crippen LogP contribution is -2.35. The number of anilines is 1. The van der Waals surface area contributed by atoms with Gasteiger partial charge in [-0.1, -0.05) is 31.5 Å². The Morgan fingerprint density at radius 1 is 1.07 bits per heavy atom. The van der Waals surface area contributed by atoms with E-state index >= 15 is 0 Å². The largest absolute Gasteiger partial charge is 0.484 e. The number of aryl methyl sites for hydroxylation is 1. The molecule has 0 aliphatic carbocycles. The zero-order chi connectivity index (χ0) is 20.0. The monoisotopic (exact) mass is 402 g/mol. The van der Waals surface area contributed by atoms with Gasteiger partial charge >= 0.3 is 0 Å². The summed E-state index contributed by atoms with van der Waals surface area (Å²) in [5.74, 6) is 0.297. The molecule has 2 aromatic carbocycles. The first-order valence-corrected chi connectivity index (χ1v) is 11.0. The molecule has 1 saturated heterocycles. The standard InChI is InChI=1S/C21H26N2O4S/c1-2-17-8-6-10-19(14-17)27-16-21(24)22-18-9-7-11-20(15-18)28(25,26)23-12-4-3-5-13-23/h6-11,14-15H,2-5,12-13,16H2,1H3,(H,22,24). The summed E-state index contributed by atoms with van der Waals surface area (Å²) in [6.45, 7) is 3.00. The van der Waals surface area contributed by atoms with Crippen molar-refractivity contribution >= 4 is 21.6 Å². The number of nitrogens with one attached hydrogen (secondary N) is 1. The predicted octanol–water partition coefficient (Wildman–Crippen LogP) is 3.44. The van der Waals surface area contributed by atoms with Crippen LogP contribution in [0, 0.1) is 0 Å². The number of carbonyl (C=O) groups excluding carboxylic acids is 1. The molecular formula is C21H26N2O4S. The van der Waals surface area contributed by atoms with Crippen LogP contribution in [0.25, 0.3) is 0 Å². The number of amides is 1. The molecule has 0 saturated carbocycles. The Morgan fingerprint density at radius 2 is 1.82 bits per heavy atom. The fourth-order valence-corrected chi connectivity index (χ4v) is 4.75. The van der Waals surface area contributed by atoms with Gasteiger partial charge in [0.2, 0.25) is 10.0 Å². The summed E-state index contributed by atoms with van der Waals surface area (Å²) in [4.78, 5) is 12.4. The Balaban J connectivity index is 1.62. The number of benzene rings is 2. The first-order valence-electron chi connectivity index (χ1n) is 9.61. The van der Waals surface area contributed by atoms with Crippen LogP contribution in [-0.2, 0) is 21.2 Å². The van der Waals surface area contributed by atoms with E-state index in [1.165, 1.54) is 10.4 Å². The van der Waals surface area contributed by atoms with Crippen LogP contribution < -0.4 is 10.1 Å². The van der Waals surface area contributed by atoms with Gasteiger partial charge in [-0.25, -0.2) is 8.42 Å². The second-order valence-corrected chi connectivity index (χ2v) is 8.77. The highest BCUT2D eigenvalue weighted by Crippen LogP contribution is 2.23. The maximum atomic E-state index is 12.8. The Bertz CT molecular complexity index is 922. The third kappa shape index (κ3) is 5.11. The first-order chi connectivity index (χ1) is 13.5. The Kier molecular flexibility index (Phi) is 6.70. The molecule has 28 heavy (non-hydrogen) atoms. The summed E-state index contributed by atoms with van der Waals surface area (Å²) in [7, 11) is -3.53. The number of rotatable bonds is 7. The number of hydrogen-bond donors (Lipinski definition) is 1. The second kappa shape index (κ2) is 9.21. The highest BCUT2D eigenvalue weighted by atomic mass is 32.2. The summed E-state index contributed by atoms with van der Waals surface area (Å²) in [6, 6.07) is 14.0. The second-order valence-electron chi connectivity index (χ2n) is 6.83. The van der Waals surface area contributed by atoms with Gasteiger partial charge in [0.1, 0.15) is 5.75 Å². The number of hydrogen-bond acceptors (Lipinski definition) is 4. The fraction of sp³-hybridized carbons (Fsp3) is 0.381. The molecule has 7 heteroatoms. The number of piperidine rings is 1. The van der Waals surface area contributed by atoms with Crippen molar-refractivity contribution in [2.75, 3.05) is 25.0 Å². The molecule has 150 valence electrons. The van der Waals surface area contributed by atoms with E-state index in [0.717, 1.165) is 31.2 Å². The van der Waals surface area contributed by atoms with E-state index in [1.54, 1.807) is 24.3 Å². The molecule has 0 aromatic heterocycles. The molecule has 1 amide bonds. The predicted molar refractivity (Wildman–Crippen MR) is 109 cm³/mol. The summed E-state index contributed by atoms with van der Waals surface area (Å²) >= 11 is 0. The van der Waals surface area contributed by atoms with Gasteiger partial charge in [0.05, 0.1) is 4.90 Å². The minimum Gasteiger partial charge on any atom is -0.484 e. The number of ether oxygens (including phenoxy) is 1. The number of sulfonamides is 1. The maximum Gasteiger partial charge on any atom is 0.262 e. The van der Waals surface area contributed by atoms with Crippen LogP contribution in [-0.4, -0.2) is 38.3 Å². The zero-order valence-corrected chi connectivity index (χ0v) is 16.9. The van der Waals surface area contributed by atoms with Gasteiger partial charge in [-0.2, -0.15) is 4.31 Å². The molecule has 1 aliphatic heterocycles. The topological polar surface area (TPSA) is 75.7 Å².